The van der Waals surface area contributed by atoms with Gasteiger partial charge in [0.15, 0.2) is 0 Å². The highest BCUT2D eigenvalue weighted by Crippen LogP contribution is 2.21. The van der Waals surface area contributed by atoms with E-state index in [9.17, 15) is 4.79 Å². The first-order valence-corrected chi connectivity index (χ1v) is 7.01. The third-order valence-corrected chi connectivity index (χ3v) is 3.23. The van der Waals surface area contributed by atoms with Gasteiger partial charge in [0, 0.05) is 11.6 Å². The van der Waals surface area contributed by atoms with Crippen molar-refractivity contribution in [1.82, 2.24) is 10.2 Å². The predicted molar refractivity (Wildman–Crippen MR) is 85.4 cm³/mol. The Hall–Kier alpha value is -3.21. The maximum absolute atomic E-state index is 11.9. The first kappa shape index (κ1) is 14.7. The van der Waals surface area contributed by atoms with Crippen LogP contribution in [-0.2, 0) is 0 Å². The summed E-state index contributed by atoms with van der Waals surface area (Å²) in [6, 6.07) is 19.6. The van der Waals surface area contributed by atoms with E-state index in [4.69, 9.17) is 9.47 Å². The largest absolute Gasteiger partial charge is 0.497 e. The van der Waals surface area contributed by atoms with Gasteiger partial charge >= 0.3 is 5.97 Å². The molecule has 3 rings (SSSR count). The fourth-order valence-electron chi connectivity index (χ4n) is 2.02. The van der Waals surface area contributed by atoms with Gasteiger partial charge < -0.3 is 9.47 Å². The molecular formula is C18H14N2O3. The highest BCUT2D eigenvalue weighted by molar-refractivity contribution is 5.90. The Balaban J connectivity index is 1.73. The molecule has 0 aliphatic heterocycles. The number of hydrogen-bond acceptors (Lipinski definition) is 5. The number of esters is 1. The molecule has 1 aromatic heterocycles. The maximum Gasteiger partial charge on any atom is 0.344 e. The molecule has 2 aromatic carbocycles. The molecule has 0 atom stereocenters. The normalized spacial score (nSPS) is 10.1. The first-order chi connectivity index (χ1) is 11.3. The van der Waals surface area contributed by atoms with Gasteiger partial charge in [0.2, 0.25) is 5.88 Å². The van der Waals surface area contributed by atoms with Crippen LogP contribution >= 0.6 is 0 Å². The SMILES string of the molecule is COc1ccc(-c2ccc(OC(=O)c3ccccc3)nn2)cc1. The van der Waals surface area contributed by atoms with Crippen molar-refractivity contribution in [3.05, 3.63) is 72.3 Å². The maximum atomic E-state index is 11.9. The van der Waals surface area contributed by atoms with E-state index in [1.807, 2.05) is 30.3 Å². The zero-order valence-corrected chi connectivity index (χ0v) is 12.5. The average molecular weight is 306 g/mol. The second kappa shape index (κ2) is 6.70. The van der Waals surface area contributed by atoms with Crippen LogP contribution in [0.1, 0.15) is 10.4 Å². The van der Waals surface area contributed by atoms with Gasteiger partial charge in [0.05, 0.1) is 18.4 Å². The molecule has 3 aromatic rings. The summed E-state index contributed by atoms with van der Waals surface area (Å²) < 4.78 is 10.3. The van der Waals surface area contributed by atoms with Gasteiger partial charge in [-0.25, -0.2) is 4.79 Å². The molecule has 23 heavy (non-hydrogen) atoms. The molecule has 1 heterocycles. The minimum absolute atomic E-state index is 0.163. The third kappa shape index (κ3) is 3.52. The molecule has 0 N–H and O–H groups in total. The van der Waals surface area contributed by atoms with E-state index >= 15 is 0 Å². The molecule has 0 fully saturated rings. The molecule has 0 amide bonds. The molecule has 0 bridgehead atoms. The van der Waals surface area contributed by atoms with Crippen molar-refractivity contribution >= 4 is 5.97 Å². The van der Waals surface area contributed by atoms with Crippen molar-refractivity contribution in [1.29, 1.82) is 0 Å². The molecule has 5 heteroatoms. The average Bonchev–Trinajstić information content (AvgIpc) is 2.63. The Bertz CT molecular complexity index is 785. The van der Waals surface area contributed by atoms with Crippen LogP contribution in [0.25, 0.3) is 11.3 Å². The van der Waals surface area contributed by atoms with Crippen molar-refractivity contribution in [2.45, 2.75) is 0 Å². The molecule has 114 valence electrons. The van der Waals surface area contributed by atoms with Crippen molar-refractivity contribution in [3.63, 3.8) is 0 Å². The van der Waals surface area contributed by atoms with Gasteiger partial charge in [-0.15, -0.1) is 10.2 Å². The fourth-order valence-corrected chi connectivity index (χ4v) is 2.02. The van der Waals surface area contributed by atoms with Crippen LogP contribution in [0.3, 0.4) is 0 Å². The molecule has 0 spiro atoms. The quantitative estimate of drug-likeness (QED) is 0.692. The summed E-state index contributed by atoms with van der Waals surface area (Å²) in [5.41, 5.74) is 2.06. The number of methoxy groups -OCH3 is 1. The van der Waals surface area contributed by atoms with Gasteiger partial charge in [-0.05, 0) is 42.5 Å². The highest BCUT2D eigenvalue weighted by atomic mass is 16.5. The zero-order chi connectivity index (χ0) is 16.1. The van der Waals surface area contributed by atoms with E-state index in [1.54, 1.807) is 43.5 Å². The van der Waals surface area contributed by atoms with Gasteiger partial charge in [0.25, 0.3) is 0 Å². The molecule has 0 unspecified atom stereocenters. The lowest BCUT2D eigenvalue weighted by molar-refractivity contribution is 0.0726. The van der Waals surface area contributed by atoms with Crippen LogP contribution in [0.15, 0.2) is 66.7 Å². The molecule has 0 saturated heterocycles. The van der Waals surface area contributed by atoms with E-state index in [-0.39, 0.29) is 5.88 Å². The van der Waals surface area contributed by atoms with Crippen molar-refractivity contribution in [2.75, 3.05) is 7.11 Å². The lowest BCUT2D eigenvalue weighted by Gasteiger charge is -2.05. The smallest absolute Gasteiger partial charge is 0.344 e. The summed E-state index contributed by atoms with van der Waals surface area (Å²) in [4.78, 5) is 11.9. The van der Waals surface area contributed by atoms with Crippen LogP contribution in [0.5, 0.6) is 11.6 Å². The summed E-state index contributed by atoms with van der Waals surface area (Å²) >= 11 is 0. The van der Waals surface area contributed by atoms with Crippen LogP contribution in [0.2, 0.25) is 0 Å². The van der Waals surface area contributed by atoms with E-state index < -0.39 is 5.97 Å². The number of nitrogens with zero attached hydrogens (tertiary/aromatic N) is 2. The Labute approximate surface area is 133 Å². The predicted octanol–water partition coefficient (Wildman–Crippen LogP) is 3.37. The van der Waals surface area contributed by atoms with E-state index in [2.05, 4.69) is 10.2 Å². The molecule has 0 radical (unpaired) electrons. The summed E-state index contributed by atoms with van der Waals surface area (Å²) in [7, 11) is 1.62. The molecule has 0 saturated carbocycles. The van der Waals surface area contributed by atoms with Crippen LogP contribution in [0, 0.1) is 0 Å². The van der Waals surface area contributed by atoms with Crippen LogP contribution < -0.4 is 9.47 Å². The lowest BCUT2D eigenvalue weighted by atomic mass is 10.1. The van der Waals surface area contributed by atoms with E-state index in [1.165, 1.54) is 0 Å². The topological polar surface area (TPSA) is 61.3 Å². The number of rotatable bonds is 4. The number of carbonyl (C=O) groups excluding carboxylic acids is 1. The highest BCUT2D eigenvalue weighted by Gasteiger charge is 2.09. The second-order valence-corrected chi connectivity index (χ2v) is 4.74. The Morgan fingerprint density at radius 3 is 2.22 bits per heavy atom. The summed E-state index contributed by atoms with van der Waals surface area (Å²) in [6.07, 6.45) is 0. The Kier molecular flexibility index (Phi) is 4.29. The number of ether oxygens (including phenoxy) is 2. The minimum Gasteiger partial charge on any atom is -0.497 e. The van der Waals surface area contributed by atoms with Gasteiger partial charge in [-0.2, -0.15) is 0 Å². The molecular weight excluding hydrogens is 292 g/mol. The molecule has 0 aliphatic rings. The van der Waals surface area contributed by atoms with Crippen LogP contribution in [-0.4, -0.2) is 23.3 Å². The number of aromatic nitrogens is 2. The molecule has 5 nitrogen and oxygen atoms in total. The number of benzene rings is 2. The van der Waals surface area contributed by atoms with Gasteiger partial charge in [-0.3, -0.25) is 0 Å². The fraction of sp³-hybridized carbons (Fsp3) is 0.0556. The van der Waals surface area contributed by atoms with Gasteiger partial charge in [-0.1, -0.05) is 18.2 Å². The lowest BCUT2D eigenvalue weighted by Crippen LogP contribution is -2.09. The molecule has 0 aliphatic carbocycles. The Morgan fingerprint density at radius 2 is 1.61 bits per heavy atom. The Morgan fingerprint density at radius 1 is 0.870 bits per heavy atom. The van der Waals surface area contributed by atoms with Crippen molar-refractivity contribution in [3.8, 4) is 22.9 Å². The van der Waals surface area contributed by atoms with Crippen molar-refractivity contribution in [2.24, 2.45) is 0 Å². The summed E-state index contributed by atoms with van der Waals surface area (Å²) in [6.45, 7) is 0. The summed E-state index contributed by atoms with van der Waals surface area (Å²) in [5.74, 6) is 0.475. The zero-order valence-electron chi connectivity index (χ0n) is 12.5. The van der Waals surface area contributed by atoms with E-state index in [0.717, 1.165) is 11.3 Å². The number of hydrogen-bond donors (Lipinski definition) is 0. The van der Waals surface area contributed by atoms with Gasteiger partial charge in [0.1, 0.15) is 5.75 Å². The standard InChI is InChI=1S/C18H14N2O3/c1-22-15-9-7-13(8-10-15)16-11-12-17(20-19-16)23-18(21)14-5-3-2-4-6-14/h2-12H,1H3. The summed E-state index contributed by atoms with van der Waals surface area (Å²) in [5, 5.41) is 8.02. The third-order valence-electron chi connectivity index (χ3n) is 3.23. The minimum atomic E-state index is -0.461. The monoisotopic (exact) mass is 306 g/mol. The van der Waals surface area contributed by atoms with Crippen molar-refractivity contribution < 1.29 is 14.3 Å². The van der Waals surface area contributed by atoms with Crippen LogP contribution in [0.4, 0.5) is 0 Å². The second-order valence-electron chi connectivity index (χ2n) is 4.74. The number of carbonyl (C=O) groups is 1. The first-order valence-electron chi connectivity index (χ1n) is 7.01. The van der Waals surface area contributed by atoms with E-state index in [0.29, 0.717) is 11.3 Å².